The number of pyridine rings is 1. The summed E-state index contributed by atoms with van der Waals surface area (Å²) in [6.45, 7) is -11.9. The summed E-state index contributed by atoms with van der Waals surface area (Å²) in [6, 6.07) is -1.49. The van der Waals surface area contributed by atoms with Gasteiger partial charge in [0.2, 0.25) is 0 Å². The van der Waals surface area contributed by atoms with Crippen molar-refractivity contribution in [3.63, 3.8) is 0 Å². The predicted octanol–water partition coefficient (Wildman–Crippen LogP) is 4.30. The summed E-state index contributed by atoms with van der Waals surface area (Å²) in [4.78, 5) is 11.8. The number of carbonyl (C=O) groups is 1. The van der Waals surface area contributed by atoms with Crippen LogP contribution in [0.4, 0.5) is 5.69 Å². The van der Waals surface area contributed by atoms with Crippen LogP contribution in [0.25, 0.3) is 0 Å². The van der Waals surface area contributed by atoms with E-state index in [1.165, 1.54) is 0 Å². The van der Waals surface area contributed by atoms with Crippen molar-refractivity contribution in [2.45, 2.75) is 30.9 Å². The smallest absolute Gasteiger partial charge is 0.261 e. The van der Waals surface area contributed by atoms with Crippen molar-refractivity contribution in [2.24, 2.45) is 0 Å². The molecule has 3 aromatic rings. The third-order valence-electron chi connectivity index (χ3n) is 3.65. The van der Waals surface area contributed by atoms with Crippen LogP contribution in [0.15, 0.2) is 71.7 Å². The lowest BCUT2D eigenvalue weighted by molar-refractivity contribution is -0.605. The SMILES string of the molecule is [2H]c1c([2H])c(S(=O)(=O)Nc2ccc(Cl)cc2C(=O)c2cc([2H])[n+]([O-])c([2H])c2)c([2H])c([2H])c1C(C([2H])([2H])[2H])(C([2H])([2H])[2H])C([2H])([2H])[2H]. The normalized spacial score (nSPS) is 20.4. The number of halogens is 1. The minimum absolute atomic E-state index is 0.0998. The molecule has 30 heavy (non-hydrogen) atoms. The van der Waals surface area contributed by atoms with E-state index in [1.54, 1.807) is 0 Å². The highest BCUT2D eigenvalue weighted by molar-refractivity contribution is 7.92. The number of carbonyl (C=O) groups excluding carboxylic acids is 1. The average molecular weight is 460 g/mol. The number of anilines is 1. The molecular weight excluding hydrogens is 424 g/mol. The van der Waals surface area contributed by atoms with Gasteiger partial charge in [0.15, 0.2) is 18.1 Å². The van der Waals surface area contributed by atoms with Gasteiger partial charge in [-0.05, 0) is 41.3 Å². The fourth-order valence-electron chi connectivity index (χ4n) is 2.23. The molecule has 1 aromatic heterocycles. The Morgan fingerprint density at radius 3 is 2.37 bits per heavy atom. The summed E-state index contributed by atoms with van der Waals surface area (Å²) in [5.74, 6) is -1.04. The molecule has 0 radical (unpaired) electrons. The van der Waals surface area contributed by atoms with Gasteiger partial charge in [0.1, 0.15) is 2.74 Å². The second-order valence-corrected chi connectivity index (χ2v) is 7.93. The molecule has 0 amide bonds. The Labute approximate surface area is 201 Å². The number of ketones is 1. The maximum Gasteiger partial charge on any atom is 0.261 e. The van der Waals surface area contributed by atoms with Gasteiger partial charge in [-0.1, -0.05) is 44.2 Å². The topological polar surface area (TPSA) is 90.2 Å². The second kappa shape index (κ2) is 8.08. The number of nitrogens with one attached hydrogen (secondary N) is 1. The molecule has 0 unspecified atom stereocenters. The largest absolute Gasteiger partial charge is 0.619 e. The van der Waals surface area contributed by atoms with Crippen LogP contribution in [0.3, 0.4) is 0 Å². The van der Waals surface area contributed by atoms with E-state index >= 15 is 0 Å². The van der Waals surface area contributed by atoms with Crippen LogP contribution in [0.2, 0.25) is 5.02 Å². The highest BCUT2D eigenvalue weighted by Crippen LogP contribution is 2.27. The number of hydrogen-bond donors (Lipinski definition) is 1. The van der Waals surface area contributed by atoms with Gasteiger partial charge >= 0.3 is 0 Å². The summed E-state index contributed by atoms with van der Waals surface area (Å²) in [5.41, 5.74) is -7.03. The maximum atomic E-state index is 13.5. The van der Waals surface area contributed by atoms with E-state index in [9.17, 15) is 18.4 Å². The molecule has 1 heterocycles. The zero-order valence-electron chi connectivity index (χ0n) is 29.8. The Bertz CT molecular complexity index is 1730. The van der Waals surface area contributed by atoms with Gasteiger partial charge in [0.25, 0.3) is 10.0 Å². The summed E-state index contributed by atoms with van der Waals surface area (Å²) < 4.78 is 148. The summed E-state index contributed by atoms with van der Waals surface area (Å²) >= 11 is 5.98. The van der Waals surface area contributed by atoms with E-state index in [2.05, 4.69) is 0 Å². The average Bonchev–Trinajstić information content (AvgIpc) is 2.86. The lowest BCUT2D eigenvalue weighted by atomic mass is 9.87. The molecule has 0 atom stereocenters. The van der Waals surface area contributed by atoms with Gasteiger partial charge in [-0.3, -0.25) is 9.52 Å². The van der Waals surface area contributed by atoms with Crippen LogP contribution >= 0.6 is 11.6 Å². The van der Waals surface area contributed by atoms with E-state index in [0.717, 1.165) is 30.3 Å². The monoisotopic (exact) mass is 459 g/mol. The summed E-state index contributed by atoms with van der Waals surface area (Å²) in [7, 11) is -5.27. The van der Waals surface area contributed by atoms with Crippen LogP contribution in [-0.4, -0.2) is 14.2 Å². The van der Waals surface area contributed by atoms with Gasteiger partial charge in [-0.2, -0.15) is 4.73 Å². The summed E-state index contributed by atoms with van der Waals surface area (Å²) in [6.07, 6.45) is -1.58. The number of hydrogen-bond acceptors (Lipinski definition) is 4. The van der Waals surface area contributed by atoms with Crippen LogP contribution < -0.4 is 9.45 Å². The number of rotatable bonds is 5. The molecule has 0 spiro atoms. The first-order valence-corrected chi connectivity index (χ1v) is 9.77. The molecule has 8 heteroatoms. The van der Waals surface area contributed by atoms with Gasteiger partial charge in [0.05, 0.1) is 16.1 Å². The lowest BCUT2D eigenvalue weighted by Gasteiger charge is -2.19. The van der Waals surface area contributed by atoms with Crippen molar-refractivity contribution in [2.75, 3.05) is 4.72 Å². The van der Waals surface area contributed by atoms with Gasteiger partial charge in [-0.25, -0.2) is 8.42 Å². The Balaban J connectivity index is 2.31. The summed E-state index contributed by atoms with van der Waals surface area (Å²) in [5, 5.41) is 11.6. The molecular formula is C22H21ClN2O4S. The minimum Gasteiger partial charge on any atom is -0.619 e. The molecule has 0 saturated heterocycles. The van der Waals surface area contributed by atoms with Crippen molar-refractivity contribution in [1.29, 1.82) is 0 Å². The lowest BCUT2D eigenvalue weighted by Crippen LogP contribution is -2.24. The van der Waals surface area contributed by atoms with Crippen LogP contribution in [-0.2, 0) is 15.4 Å². The first-order chi connectivity index (χ1) is 20.2. The Morgan fingerprint density at radius 2 is 1.77 bits per heavy atom. The van der Waals surface area contributed by atoms with E-state index in [0.29, 0.717) is 0 Å². The zero-order chi connectivity index (χ0) is 34.8. The second-order valence-electron chi connectivity index (χ2n) is 5.88. The van der Waals surface area contributed by atoms with E-state index < -0.39 is 106 Å². The quantitative estimate of drug-likeness (QED) is 0.350. The molecule has 1 N–H and O–H groups in total. The fourth-order valence-corrected chi connectivity index (χ4v) is 3.35. The van der Waals surface area contributed by atoms with E-state index in [1.807, 2.05) is 4.72 Å². The molecule has 3 rings (SSSR count). The third-order valence-corrected chi connectivity index (χ3v) is 5.12. The number of aromatic nitrogens is 1. The number of nitrogens with zero attached hydrogens (tertiary/aromatic N) is 1. The maximum absolute atomic E-state index is 13.5. The van der Waals surface area contributed by atoms with Crippen LogP contribution in [0.5, 0.6) is 0 Å². The van der Waals surface area contributed by atoms with E-state index in [-0.39, 0.29) is 9.75 Å². The van der Waals surface area contributed by atoms with Crippen molar-refractivity contribution < 1.29 is 38.5 Å². The van der Waals surface area contributed by atoms with Crippen molar-refractivity contribution >= 4 is 33.1 Å². The molecule has 0 aliphatic carbocycles. The molecule has 0 saturated carbocycles. The first-order valence-electron chi connectivity index (χ1n) is 15.4. The first kappa shape index (κ1) is 9.49. The highest BCUT2D eigenvalue weighted by Gasteiger charge is 2.21. The number of benzene rings is 2. The number of sulfonamides is 1. The van der Waals surface area contributed by atoms with Gasteiger partial charge in [-0.15, -0.1) is 0 Å². The molecule has 0 aliphatic heterocycles. The third kappa shape index (κ3) is 4.80. The van der Waals surface area contributed by atoms with Crippen molar-refractivity contribution in [3.05, 3.63) is 93.8 Å². The Morgan fingerprint density at radius 1 is 1.13 bits per heavy atom. The van der Waals surface area contributed by atoms with Crippen molar-refractivity contribution in [1.82, 2.24) is 0 Å². The molecule has 0 bridgehead atoms. The van der Waals surface area contributed by atoms with Crippen LogP contribution in [0.1, 0.15) is 62.6 Å². The molecule has 0 fully saturated rings. The molecule has 0 aliphatic rings. The Hall–Kier alpha value is -2.90. The minimum atomic E-state index is -5.27. The van der Waals surface area contributed by atoms with Gasteiger partial charge in [0, 0.05) is 40.6 Å². The molecule has 156 valence electrons. The van der Waals surface area contributed by atoms with Crippen LogP contribution in [0, 0.1) is 5.21 Å². The van der Waals surface area contributed by atoms with E-state index in [4.69, 9.17) is 32.2 Å². The molecule has 2 aromatic carbocycles. The van der Waals surface area contributed by atoms with Crippen molar-refractivity contribution in [3.8, 4) is 0 Å². The zero-order valence-corrected chi connectivity index (χ0v) is 16.3. The predicted molar refractivity (Wildman–Crippen MR) is 116 cm³/mol. The fraction of sp³-hybridized carbons (Fsp3) is 0.182. The van der Waals surface area contributed by atoms with Gasteiger partial charge < -0.3 is 5.21 Å². The standard InChI is InChI=1S/C22H21ClN2O4S/c1-22(2,3)16-4-7-18(8-5-16)30(28,29)24-20-9-6-17(23)14-19(20)21(26)15-10-12-25(27)13-11-15/h4-14,24H,1-3H3/i1D3,2D3,3D3,4D,5D,7D,8D,12D,13D. The Kier molecular flexibility index (Phi) is 2.56. The molecule has 6 nitrogen and oxygen atoms in total. The highest BCUT2D eigenvalue weighted by atomic mass is 35.5.